The zero-order valence-corrected chi connectivity index (χ0v) is 14.5. The Morgan fingerprint density at radius 1 is 1.54 bits per heavy atom. The minimum atomic E-state index is -0.235. The van der Waals surface area contributed by atoms with Gasteiger partial charge in [-0.05, 0) is 25.5 Å². The Morgan fingerprint density at radius 2 is 2.33 bits per heavy atom. The van der Waals surface area contributed by atoms with Crippen LogP contribution in [-0.4, -0.2) is 34.3 Å². The number of aromatic amines is 1. The van der Waals surface area contributed by atoms with E-state index in [1.54, 1.807) is 12.3 Å². The van der Waals surface area contributed by atoms with Crippen molar-refractivity contribution >= 4 is 17.5 Å². The van der Waals surface area contributed by atoms with Crippen LogP contribution >= 0.6 is 11.6 Å². The van der Waals surface area contributed by atoms with Gasteiger partial charge in [0.15, 0.2) is 5.69 Å². The number of hydrogen-bond donors (Lipinski definition) is 2. The van der Waals surface area contributed by atoms with Crippen LogP contribution in [0.15, 0.2) is 12.3 Å². The molecule has 0 saturated carbocycles. The molecule has 0 bridgehead atoms. The minimum absolute atomic E-state index is 0.0567. The summed E-state index contributed by atoms with van der Waals surface area (Å²) in [6, 6.07) is 1.71. The number of hydrogen-bond acceptors (Lipinski definition) is 5. The third-order valence-corrected chi connectivity index (χ3v) is 4.23. The molecule has 2 atom stereocenters. The monoisotopic (exact) mass is 350 g/mol. The standard InChI is InChI=1S/C16H19ClN4O3/c1-8-4-11-13(9(2)24-8)20-21-14(11)15(22)18-6-10-5-12(17)16(23-3)19-7-10/h5,7-9H,4,6H2,1-3H3,(H,18,22)(H,20,21)/t8-,9+/m0/s1. The number of fused-ring (bicyclic) bond motifs is 1. The molecule has 24 heavy (non-hydrogen) atoms. The zero-order chi connectivity index (χ0) is 17.3. The van der Waals surface area contributed by atoms with Gasteiger partial charge >= 0.3 is 0 Å². The van der Waals surface area contributed by atoms with Crippen molar-refractivity contribution in [2.45, 2.75) is 39.0 Å². The van der Waals surface area contributed by atoms with E-state index in [0.717, 1.165) is 16.8 Å². The quantitative estimate of drug-likeness (QED) is 0.884. The second-order valence-corrected chi connectivity index (χ2v) is 6.18. The molecule has 3 heterocycles. The molecule has 7 nitrogen and oxygen atoms in total. The highest BCUT2D eigenvalue weighted by atomic mass is 35.5. The van der Waals surface area contributed by atoms with E-state index in [1.807, 2.05) is 13.8 Å². The van der Waals surface area contributed by atoms with Gasteiger partial charge in [-0.3, -0.25) is 9.89 Å². The molecule has 0 saturated heterocycles. The number of carbonyl (C=O) groups is 1. The Bertz CT molecular complexity index is 762. The van der Waals surface area contributed by atoms with Gasteiger partial charge in [-0.15, -0.1) is 0 Å². The van der Waals surface area contributed by atoms with Gasteiger partial charge < -0.3 is 14.8 Å². The van der Waals surface area contributed by atoms with Crippen molar-refractivity contribution < 1.29 is 14.3 Å². The van der Waals surface area contributed by atoms with E-state index in [9.17, 15) is 4.79 Å². The normalized spacial score (nSPS) is 19.7. The van der Waals surface area contributed by atoms with Crippen LogP contribution in [0.4, 0.5) is 0 Å². The van der Waals surface area contributed by atoms with Gasteiger partial charge in [0, 0.05) is 24.7 Å². The lowest BCUT2D eigenvalue weighted by atomic mass is 9.99. The van der Waals surface area contributed by atoms with Crippen molar-refractivity contribution in [3.8, 4) is 5.88 Å². The highest BCUT2D eigenvalue weighted by Gasteiger charge is 2.29. The first-order valence-electron chi connectivity index (χ1n) is 7.68. The molecule has 0 radical (unpaired) electrons. The Hall–Kier alpha value is -2.12. The summed E-state index contributed by atoms with van der Waals surface area (Å²) in [5.41, 5.74) is 2.99. The lowest BCUT2D eigenvalue weighted by molar-refractivity contribution is -0.00697. The molecule has 0 spiro atoms. The van der Waals surface area contributed by atoms with E-state index < -0.39 is 0 Å². The summed E-state index contributed by atoms with van der Waals surface area (Å²) in [6.07, 6.45) is 2.24. The smallest absolute Gasteiger partial charge is 0.272 e. The maximum absolute atomic E-state index is 12.5. The topological polar surface area (TPSA) is 89.1 Å². The first-order chi connectivity index (χ1) is 11.5. The predicted octanol–water partition coefficient (Wildman–Crippen LogP) is 2.42. The summed E-state index contributed by atoms with van der Waals surface area (Å²) in [6.45, 7) is 4.23. The average molecular weight is 351 g/mol. The summed E-state index contributed by atoms with van der Waals surface area (Å²) >= 11 is 6.04. The molecule has 0 fully saturated rings. The molecule has 128 valence electrons. The van der Waals surface area contributed by atoms with E-state index in [-0.39, 0.29) is 18.1 Å². The highest BCUT2D eigenvalue weighted by Crippen LogP contribution is 2.30. The highest BCUT2D eigenvalue weighted by molar-refractivity contribution is 6.31. The molecule has 1 amide bonds. The van der Waals surface area contributed by atoms with Crippen LogP contribution in [0.1, 0.15) is 47.3 Å². The van der Waals surface area contributed by atoms with Gasteiger partial charge in [-0.1, -0.05) is 11.6 Å². The van der Waals surface area contributed by atoms with Gasteiger partial charge in [-0.25, -0.2) is 4.98 Å². The summed E-state index contributed by atoms with van der Waals surface area (Å²) < 4.78 is 10.7. The second-order valence-electron chi connectivity index (χ2n) is 5.77. The van der Waals surface area contributed by atoms with E-state index in [4.69, 9.17) is 21.1 Å². The lowest BCUT2D eigenvalue weighted by Crippen LogP contribution is -2.27. The largest absolute Gasteiger partial charge is 0.480 e. The molecule has 8 heteroatoms. The third kappa shape index (κ3) is 3.22. The Morgan fingerprint density at radius 3 is 3.04 bits per heavy atom. The zero-order valence-electron chi connectivity index (χ0n) is 13.7. The van der Waals surface area contributed by atoms with Gasteiger partial charge in [0.25, 0.3) is 5.91 Å². The van der Waals surface area contributed by atoms with Crippen LogP contribution in [0.5, 0.6) is 5.88 Å². The predicted molar refractivity (Wildman–Crippen MR) is 88.2 cm³/mol. The molecule has 3 rings (SSSR count). The first kappa shape index (κ1) is 16.7. The van der Waals surface area contributed by atoms with Crippen molar-refractivity contribution in [2.24, 2.45) is 0 Å². The average Bonchev–Trinajstić information content (AvgIpc) is 2.97. The number of carbonyl (C=O) groups excluding carboxylic acids is 1. The number of H-pyrrole nitrogens is 1. The molecular weight excluding hydrogens is 332 g/mol. The fourth-order valence-electron chi connectivity index (χ4n) is 2.84. The second kappa shape index (κ2) is 6.78. The number of methoxy groups -OCH3 is 1. The number of aromatic nitrogens is 3. The summed E-state index contributed by atoms with van der Waals surface area (Å²) in [4.78, 5) is 16.5. The van der Waals surface area contributed by atoms with Crippen molar-refractivity contribution in [1.82, 2.24) is 20.5 Å². The molecule has 1 aliphatic heterocycles. The summed E-state index contributed by atoms with van der Waals surface area (Å²) in [7, 11) is 1.50. The Balaban J connectivity index is 1.71. The van der Waals surface area contributed by atoms with E-state index >= 15 is 0 Å². The van der Waals surface area contributed by atoms with Crippen LogP contribution in [0.3, 0.4) is 0 Å². The Labute approximate surface area is 144 Å². The van der Waals surface area contributed by atoms with Crippen molar-refractivity contribution in [2.75, 3.05) is 7.11 Å². The maximum Gasteiger partial charge on any atom is 0.272 e. The number of amides is 1. The van der Waals surface area contributed by atoms with Gasteiger partial charge in [0.05, 0.1) is 25.0 Å². The molecule has 2 aromatic heterocycles. The molecule has 1 aliphatic rings. The molecular formula is C16H19ClN4O3. The number of nitrogens with zero attached hydrogens (tertiary/aromatic N) is 2. The number of nitrogens with one attached hydrogen (secondary N) is 2. The molecule has 0 aliphatic carbocycles. The molecule has 2 N–H and O–H groups in total. The van der Waals surface area contributed by atoms with E-state index in [2.05, 4.69) is 20.5 Å². The number of ether oxygens (including phenoxy) is 2. The van der Waals surface area contributed by atoms with Crippen LogP contribution < -0.4 is 10.1 Å². The third-order valence-electron chi connectivity index (χ3n) is 3.96. The van der Waals surface area contributed by atoms with E-state index in [0.29, 0.717) is 29.6 Å². The minimum Gasteiger partial charge on any atom is -0.480 e. The van der Waals surface area contributed by atoms with Gasteiger partial charge in [0.1, 0.15) is 5.02 Å². The fraction of sp³-hybridized carbons (Fsp3) is 0.438. The van der Waals surface area contributed by atoms with Gasteiger partial charge in [0.2, 0.25) is 5.88 Å². The van der Waals surface area contributed by atoms with Crippen molar-refractivity contribution in [3.63, 3.8) is 0 Å². The summed E-state index contributed by atoms with van der Waals surface area (Å²) in [5.74, 6) is 0.122. The lowest BCUT2D eigenvalue weighted by Gasteiger charge is -2.25. The van der Waals surface area contributed by atoms with Crippen molar-refractivity contribution in [3.05, 3.63) is 39.8 Å². The molecule has 0 unspecified atom stereocenters. The SMILES string of the molecule is COc1ncc(CNC(=O)c2n[nH]c3c2C[C@H](C)O[C@@H]3C)cc1Cl. The molecule has 0 aromatic carbocycles. The van der Waals surface area contributed by atoms with Gasteiger partial charge in [-0.2, -0.15) is 5.10 Å². The van der Waals surface area contributed by atoms with Crippen LogP contribution in [0.2, 0.25) is 5.02 Å². The molecule has 2 aromatic rings. The number of halogens is 1. The summed E-state index contributed by atoms with van der Waals surface area (Å²) in [5, 5.41) is 10.3. The first-order valence-corrected chi connectivity index (χ1v) is 8.06. The number of rotatable bonds is 4. The van der Waals surface area contributed by atoms with Crippen LogP contribution in [0.25, 0.3) is 0 Å². The fourth-order valence-corrected chi connectivity index (χ4v) is 3.11. The maximum atomic E-state index is 12.5. The Kier molecular flexibility index (Phi) is 4.73. The number of pyridine rings is 1. The van der Waals surface area contributed by atoms with Crippen LogP contribution in [0, 0.1) is 0 Å². The van der Waals surface area contributed by atoms with Crippen molar-refractivity contribution in [1.29, 1.82) is 0 Å². The van der Waals surface area contributed by atoms with E-state index in [1.165, 1.54) is 7.11 Å². The van der Waals surface area contributed by atoms with Crippen LogP contribution in [-0.2, 0) is 17.7 Å².